The number of sulfonamides is 1. The van der Waals surface area contributed by atoms with Crippen molar-refractivity contribution >= 4 is 10.0 Å². The number of hydrogen-bond acceptors (Lipinski definition) is 2. The van der Waals surface area contributed by atoms with Crippen LogP contribution in [0.15, 0.2) is 29.2 Å². The highest BCUT2D eigenvalue weighted by atomic mass is 32.2. The Labute approximate surface area is 143 Å². The molecular formula is C19H33NO2S. The topological polar surface area (TPSA) is 37.4 Å². The van der Waals surface area contributed by atoms with Gasteiger partial charge >= 0.3 is 0 Å². The fourth-order valence-electron chi connectivity index (χ4n) is 2.78. The van der Waals surface area contributed by atoms with Gasteiger partial charge in [0.1, 0.15) is 0 Å². The molecule has 0 fully saturated rings. The van der Waals surface area contributed by atoms with Crippen LogP contribution in [0.3, 0.4) is 0 Å². The van der Waals surface area contributed by atoms with Crippen LogP contribution in [0.5, 0.6) is 0 Å². The standard InChI is InChI=1S/C19H33NO2S/c1-5-7-8-9-10-18(4)16-20(15-6-2)23(21,22)19-13-11-17(3)12-14-19/h11-14,18H,5-10,15-16H2,1-4H3. The summed E-state index contributed by atoms with van der Waals surface area (Å²) in [6, 6.07) is 7.18. The van der Waals surface area contributed by atoms with Crippen molar-refractivity contribution in [1.29, 1.82) is 0 Å². The Hall–Kier alpha value is -0.870. The molecule has 1 aromatic rings. The zero-order chi connectivity index (χ0) is 17.3. The maximum absolute atomic E-state index is 12.9. The van der Waals surface area contributed by atoms with E-state index in [0.717, 1.165) is 18.4 Å². The van der Waals surface area contributed by atoms with Crippen molar-refractivity contribution < 1.29 is 8.42 Å². The summed E-state index contributed by atoms with van der Waals surface area (Å²) in [6.45, 7) is 9.59. The Morgan fingerprint density at radius 3 is 2.22 bits per heavy atom. The normalized spacial score (nSPS) is 13.4. The molecule has 0 amide bonds. The second-order valence-electron chi connectivity index (χ2n) is 6.63. The first-order chi connectivity index (χ1) is 10.9. The van der Waals surface area contributed by atoms with Gasteiger partial charge in [-0.25, -0.2) is 8.42 Å². The van der Waals surface area contributed by atoms with Crippen molar-refractivity contribution in [3.63, 3.8) is 0 Å². The van der Waals surface area contributed by atoms with Crippen LogP contribution in [0.2, 0.25) is 0 Å². The Morgan fingerprint density at radius 2 is 1.65 bits per heavy atom. The molecule has 3 nitrogen and oxygen atoms in total. The lowest BCUT2D eigenvalue weighted by atomic mass is 10.0. The number of aryl methyl sites for hydroxylation is 1. The van der Waals surface area contributed by atoms with Gasteiger partial charge < -0.3 is 0 Å². The lowest BCUT2D eigenvalue weighted by Crippen LogP contribution is -2.35. The first-order valence-electron chi connectivity index (χ1n) is 8.98. The van der Waals surface area contributed by atoms with E-state index in [1.165, 1.54) is 25.7 Å². The van der Waals surface area contributed by atoms with Gasteiger partial charge in [-0.05, 0) is 37.8 Å². The number of rotatable bonds is 11. The van der Waals surface area contributed by atoms with E-state index in [1.807, 2.05) is 26.0 Å². The highest BCUT2D eigenvalue weighted by Gasteiger charge is 2.25. The predicted molar refractivity (Wildman–Crippen MR) is 98.2 cm³/mol. The van der Waals surface area contributed by atoms with E-state index in [1.54, 1.807) is 16.4 Å². The van der Waals surface area contributed by atoms with Crippen LogP contribution < -0.4 is 0 Å². The fourth-order valence-corrected chi connectivity index (χ4v) is 4.43. The van der Waals surface area contributed by atoms with Gasteiger partial charge in [0, 0.05) is 13.1 Å². The summed E-state index contributed by atoms with van der Waals surface area (Å²) in [5.41, 5.74) is 1.08. The zero-order valence-electron chi connectivity index (χ0n) is 15.2. The van der Waals surface area contributed by atoms with E-state index in [9.17, 15) is 8.42 Å². The number of unbranched alkanes of at least 4 members (excludes halogenated alkanes) is 3. The van der Waals surface area contributed by atoms with Crippen molar-refractivity contribution in [3.8, 4) is 0 Å². The van der Waals surface area contributed by atoms with Gasteiger partial charge in [0.2, 0.25) is 10.0 Å². The molecule has 1 atom stereocenters. The van der Waals surface area contributed by atoms with E-state index in [0.29, 0.717) is 23.9 Å². The smallest absolute Gasteiger partial charge is 0.207 e. The van der Waals surface area contributed by atoms with Crippen LogP contribution in [0.4, 0.5) is 0 Å². The Bertz CT molecular complexity index is 537. The molecule has 0 aliphatic heterocycles. The quantitative estimate of drug-likeness (QED) is 0.532. The van der Waals surface area contributed by atoms with Crippen molar-refractivity contribution in [1.82, 2.24) is 4.31 Å². The second-order valence-corrected chi connectivity index (χ2v) is 8.57. The molecular weight excluding hydrogens is 306 g/mol. The van der Waals surface area contributed by atoms with Crippen LogP contribution in [-0.4, -0.2) is 25.8 Å². The van der Waals surface area contributed by atoms with Crippen molar-refractivity contribution in [3.05, 3.63) is 29.8 Å². The summed E-state index contributed by atoms with van der Waals surface area (Å²) in [6.07, 6.45) is 6.89. The van der Waals surface area contributed by atoms with E-state index in [4.69, 9.17) is 0 Å². The van der Waals surface area contributed by atoms with Gasteiger partial charge in [-0.3, -0.25) is 0 Å². The zero-order valence-corrected chi connectivity index (χ0v) is 16.0. The molecule has 23 heavy (non-hydrogen) atoms. The molecule has 0 heterocycles. The van der Waals surface area contributed by atoms with Crippen LogP contribution >= 0.6 is 0 Å². The maximum atomic E-state index is 12.9. The van der Waals surface area contributed by atoms with Gasteiger partial charge in [-0.1, -0.05) is 64.2 Å². The third kappa shape index (κ3) is 6.64. The average Bonchev–Trinajstić information content (AvgIpc) is 2.51. The largest absolute Gasteiger partial charge is 0.243 e. The van der Waals surface area contributed by atoms with Gasteiger partial charge in [0.25, 0.3) is 0 Å². The van der Waals surface area contributed by atoms with E-state index >= 15 is 0 Å². The number of nitrogens with zero attached hydrogens (tertiary/aromatic N) is 1. The Balaban J connectivity index is 2.74. The summed E-state index contributed by atoms with van der Waals surface area (Å²) in [4.78, 5) is 0.412. The molecule has 1 unspecified atom stereocenters. The van der Waals surface area contributed by atoms with E-state index in [-0.39, 0.29) is 0 Å². The molecule has 132 valence electrons. The van der Waals surface area contributed by atoms with Crippen LogP contribution in [0.1, 0.15) is 64.9 Å². The van der Waals surface area contributed by atoms with Crippen molar-refractivity contribution in [2.24, 2.45) is 5.92 Å². The Kier molecular flexibility index (Phi) is 8.85. The second kappa shape index (κ2) is 10.1. The predicted octanol–water partition coefficient (Wildman–Crippen LogP) is 5.00. The van der Waals surface area contributed by atoms with E-state index in [2.05, 4.69) is 13.8 Å². The summed E-state index contributed by atoms with van der Waals surface area (Å²) >= 11 is 0. The first-order valence-corrected chi connectivity index (χ1v) is 10.4. The van der Waals surface area contributed by atoms with Gasteiger partial charge in [-0.2, -0.15) is 4.31 Å². The SMILES string of the molecule is CCCCCCC(C)CN(CCC)S(=O)(=O)c1ccc(C)cc1. The lowest BCUT2D eigenvalue weighted by molar-refractivity contribution is 0.337. The van der Waals surface area contributed by atoms with Gasteiger partial charge in [0.05, 0.1) is 4.90 Å². The molecule has 0 aromatic heterocycles. The first kappa shape index (κ1) is 20.2. The number of hydrogen-bond donors (Lipinski definition) is 0. The summed E-state index contributed by atoms with van der Waals surface area (Å²) in [7, 11) is -3.38. The van der Waals surface area contributed by atoms with Gasteiger partial charge in [0.15, 0.2) is 0 Å². The fraction of sp³-hybridized carbons (Fsp3) is 0.684. The highest BCUT2D eigenvalue weighted by Crippen LogP contribution is 2.20. The maximum Gasteiger partial charge on any atom is 0.243 e. The molecule has 0 aliphatic rings. The van der Waals surface area contributed by atoms with Crippen LogP contribution in [-0.2, 0) is 10.0 Å². The molecule has 0 saturated heterocycles. The summed E-state index contributed by atoms with van der Waals surface area (Å²) in [5.74, 6) is 0.402. The molecule has 1 rings (SSSR count). The molecule has 0 saturated carbocycles. The van der Waals surface area contributed by atoms with Crippen molar-refractivity contribution in [2.45, 2.75) is 71.1 Å². The molecule has 4 heteroatoms. The Morgan fingerprint density at radius 1 is 1.00 bits per heavy atom. The molecule has 0 aliphatic carbocycles. The van der Waals surface area contributed by atoms with E-state index < -0.39 is 10.0 Å². The summed E-state index contributed by atoms with van der Waals surface area (Å²) in [5, 5.41) is 0. The molecule has 0 radical (unpaired) electrons. The monoisotopic (exact) mass is 339 g/mol. The highest BCUT2D eigenvalue weighted by molar-refractivity contribution is 7.89. The third-order valence-corrected chi connectivity index (χ3v) is 6.08. The average molecular weight is 340 g/mol. The van der Waals surface area contributed by atoms with Gasteiger partial charge in [-0.15, -0.1) is 0 Å². The summed E-state index contributed by atoms with van der Waals surface area (Å²) < 4.78 is 27.4. The minimum absolute atomic E-state index is 0.402. The molecule has 0 bridgehead atoms. The minimum Gasteiger partial charge on any atom is -0.207 e. The number of benzene rings is 1. The van der Waals surface area contributed by atoms with Crippen LogP contribution in [0, 0.1) is 12.8 Å². The van der Waals surface area contributed by atoms with Crippen molar-refractivity contribution in [2.75, 3.05) is 13.1 Å². The molecule has 0 spiro atoms. The minimum atomic E-state index is -3.38. The third-order valence-electron chi connectivity index (χ3n) is 4.20. The van der Waals surface area contributed by atoms with Crippen LogP contribution in [0.25, 0.3) is 0 Å². The molecule has 1 aromatic carbocycles. The molecule has 0 N–H and O–H groups in total. The lowest BCUT2D eigenvalue weighted by Gasteiger charge is -2.25.